The van der Waals surface area contributed by atoms with E-state index in [0.717, 1.165) is 11.8 Å². The Balaban J connectivity index is 1.79. The summed E-state index contributed by atoms with van der Waals surface area (Å²) in [6, 6.07) is 8.29. The molecule has 136 valence electrons. The highest BCUT2D eigenvalue weighted by Gasteiger charge is 2.17. The average molecular weight is 388 g/mol. The van der Waals surface area contributed by atoms with E-state index in [1.165, 1.54) is 12.3 Å². The topological polar surface area (TPSA) is 69.6 Å². The largest absolute Gasteiger partial charge is 0.364 e. The van der Waals surface area contributed by atoms with Gasteiger partial charge in [0.2, 0.25) is 0 Å². The zero-order valence-corrected chi connectivity index (χ0v) is 14.8. The van der Waals surface area contributed by atoms with Crippen LogP contribution in [0.4, 0.5) is 8.78 Å². The van der Waals surface area contributed by atoms with Crippen molar-refractivity contribution in [2.45, 2.75) is 13.5 Å². The molecule has 9 heteroatoms. The summed E-state index contributed by atoms with van der Waals surface area (Å²) in [7, 11) is 0. The SMILES string of the molecule is Cc1ccc(Cn2nc(-c3ncc(F)c(Cl)n3)cc2-c2ccon2)c(F)c1. The van der Waals surface area contributed by atoms with Crippen LogP contribution in [0.15, 0.2) is 47.3 Å². The minimum atomic E-state index is -0.724. The lowest BCUT2D eigenvalue weighted by atomic mass is 10.1. The van der Waals surface area contributed by atoms with Gasteiger partial charge in [-0.2, -0.15) is 5.10 Å². The van der Waals surface area contributed by atoms with Crippen molar-refractivity contribution in [3.63, 3.8) is 0 Å². The summed E-state index contributed by atoms with van der Waals surface area (Å²) < 4.78 is 34.1. The first-order chi connectivity index (χ1) is 13.0. The standard InChI is InChI=1S/C18H12ClF2N5O/c1-10-2-3-11(12(20)6-10)9-26-16(14-4-5-27-25-14)7-15(24-26)18-22-8-13(21)17(19)23-18/h2-8H,9H2,1H3. The minimum absolute atomic E-state index is 0.147. The lowest BCUT2D eigenvalue weighted by molar-refractivity contribution is 0.421. The Morgan fingerprint density at radius 3 is 2.67 bits per heavy atom. The summed E-state index contributed by atoms with van der Waals surface area (Å²) in [5.41, 5.74) is 2.71. The smallest absolute Gasteiger partial charge is 0.181 e. The fraction of sp³-hybridized carbons (Fsp3) is 0.111. The van der Waals surface area contributed by atoms with Gasteiger partial charge in [-0.05, 0) is 24.6 Å². The van der Waals surface area contributed by atoms with Crippen molar-refractivity contribution in [1.82, 2.24) is 24.9 Å². The molecule has 4 rings (SSSR count). The second-order valence-corrected chi connectivity index (χ2v) is 6.24. The molecule has 0 radical (unpaired) electrons. The summed E-state index contributed by atoms with van der Waals surface area (Å²) in [5, 5.41) is 8.03. The molecule has 3 heterocycles. The Morgan fingerprint density at radius 2 is 1.96 bits per heavy atom. The molecule has 1 aromatic carbocycles. The molecule has 0 spiro atoms. The lowest BCUT2D eigenvalue weighted by Crippen LogP contribution is -2.06. The molecular weight excluding hydrogens is 376 g/mol. The van der Waals surface area contributed by atoms with E-state index in [0.29, 0.717) is 22.6 Å². The number of rotatable bonds is 4. The Bertz CT molecular complexity index is 1110. The van der Waals surface area contributed by atoms with Crippen LogP contribution in [-0.2, 0) is 6.54 Å². The second kappa shape index (κ2) is 6.88. The highest BCUT2D eigenvalue weighted by Crippen LogP contribution is 2.26. The molecule has 0 atom stereocenters. The van der Waals surface area contributed by atoms with Crippen molar-refractivity contribution in [3.05, 3.63) is 70.7 Å². The number of nitrogens with zero attached hydrogens (tertiary/aromatic N) is 5. The zero-order chi connectivity index (χ0) is 19.0. The van der Waals surface area contributed by atoms with Crippen LogP contribution >= 0.6 is 11.6 Å². The second-order valence-electron chi connectivity index (χ2n) is 5.88. The van der Waals surface area contributed by atoms with E-state index in [1.807, 2.05) is 13.0 Å². The van der Waals surface area contributed by atoms with Crippen LogP contribution in [0.5, 0.6) is 0 Å². The summed E-state index contributed by atoms with van der Waals surface area (Å²) in [4.78, 5) is 7.82. The number of halogens is 3. The predicted molar refractivity (Wildman–Crippen MR) is 94.0 cm³/mol. The maximum absolute atomic E-state index is 14.3. The van der Waals surface area contributed by atoms with Crippen molar-refractivity contribution in [2.75, 3.05) is 0 Å². The van der Waals surface area contributed by atoms with Crippen LogP contribution < -0.4 is 0 Å². The van der Waals surface area contributed by atoms with Crippen LogP contribution in [-0.4, -0.2) is 24.9 Å². The van der Waals surface area contributed by atoms with Crippen LogP contribution in [0, 0.1) is 18.6 Å². The molecule has 4 aromatic rings. The molecule has 0 fully saturated rings. The fourth-order valence-electron chi connectivity index (χ4n) is 2.61. The summed E-state index contributed by atoms with van der Waals surface area (Å²) in [5.74, 6) is -0.910. The van der Waals surface area contributed by atoms with Gasteiger partial charge in [0.05, 0.1) is 18.4 Å². The molecule has 0 amide bonds. The van der Waals surface area contributed by atoms with Gasteiger partial charge < -0.3 is 4.52 Å². The number of benzene rings is 1. The van der Waals surface area contributed by atoms with Gasteiger partial charge >= 0.3 is 0 Å². The number of hydrogen-bond acceptors (Lipinski definition) is 5. The van der Waals surface area contributed by atoms with E-state index in [1.54, 1.807) is 22.9 Å². The molecule has 0 saturated heterocycles. The maximum atomic E-state index is 14.3. The van der Waals surface area contributed by atoms with Gasteiger partial charge in [0.1, 0.15) is 23.5 Å². The lowest BCUT2D eigenvalue weighted by Gasteiger charge is -2.07. The quantitative estimate of drug-likeness (QED) is 0.489. The van der Waals surface area contributed by atoms with Crippen LogP contribution in [0.3, 0.4) is 0 Å². The Hall–Kier alpha value is -3.13. The van der Waals surface area contributed by atoms with Crippen molar-refractivity contribution in [2.24, 2.45) is 0 Å². The van der Waals surface area contributed by atoms with Gasteiger partial charge in [-0.1, -0.05) is 28.9 Å². The molecule has 0 aliphatic carbocycles. The molecule has 0 saturated carbocycles. The summed E-state index contributed by atoms with van der Waals surface area (Å²) >= 11 is 5.74. The Morgan fingerprint density at radius 1 is 1.11 bits per heavy atom. The third kappa shape index (κ3) is 3.43. The van der Waals surface area contributed by atoms with Crippen molar-refractivity contribution >= 4 is 11.6 Å². The van der Waals surface area contributed by atoms with E-state index < -0.39 is 5.82 Å². The minimum Gasteiger partial charge on any atom is -0.364 e. The van der Waals surface area contributed by atoms with Crippen molar-refractivity contribution in [3.8, 4) is 22.9 Å². The van der Waals surface area contributed by atoms with Crippen LogP contribution in [0.1, 0.15) is 11.1 Å². The van der Waals surface area contributed by atoms with E-state index in [-0.39, 0.29) is 23.3 Å². The van der Waals surface area contributed by atoms with E-state index in [4.69, 9.17) is 16.1 Å². The zero-order valence-electron chi connectivity index (χ0n) is 14.0. The van der Waals surface area contributed by atoms with Gasteiger partial charge in [0.25, 0.3) is 0 Å². The molecule has 0 unspecified atom stereocenters. The number of hydrogen-bond donors (Lipinski definition) is 0. The highest BCUT2D eigenvalue weighted by molar-refractivity contribution is 6.29. The van der Waals surface area contributed by atoms with Crippen LogP contribution in [0.2, 0.25) is 5.15 Å². The van der Waals surface area contributed by atoms with Gasteiger partial charge in [0, 0.05) is 11.6 Å². The molecule has 3 aromatic heterocycles. The summed E-state index contributed by atoms with van der Waals surface area (Å²) in [6.45, 7) is 1.97. The Labute approximate surface area is 157 Å². The van der Waals surface area contributed by atoms with E-state index in [9.17, 15) is 8.78 Å². The monoisotopic (exact) mass is 387 g/mol. The van der Waals surface area contributed by atoms with E-state index >= 15 is 0 Å². The molecule has 27 heavy (non-hydrogen) atoms. The van der Waals surface area contributed by atoms with Crippen LogP contribution in [0.25, 0.3) is 22.9 Å². The normalized spacial score (nSPS) is 11.1. The van der Waals surface area contributed by atoms with Gasteiger partial charge in [0.15, 0.2) is 16.8 Å². The van der Waals surface area contributed by atoms with Gasteiger partial charge in [-0.25, -0.2) is 18.7 Å². The first kappa shape index (κ1) is 17.3. The number of aromatic nitrogens is 5. The molecule has 0 bridgehead atoms. The molecule has 0 aliphatic heterocycles. The third-order valence-corrected chi connectivity index (χ3v) is 4.20. The average Bonchev–Trinajstić information content (AvgIpc) is 3.29. The van der Waals surface area contributed by atoms with Crippen molar-refractivity contribution in [1.29, 1.82) is 0 Å². The van der Waals surface area contributed by atoms with Gasteiger partial charge in [-0.3, -0.25) is 4.68 Å². The van der Waals surface area contributed by atoms with Gasteiger partial charge in [-0.15, -0.1) is 0 Å². The molecular formula is C18H12ClF2N5O. The Kier molecular flexibility index (Phi) is 4.41. The predicted octanol–water partition coefficient (Wildman–Crippen LogP) is 4.28. The fourth-order valence-corrected chi connectivity index (χ4v) is 2.74. The van der Waals surface area contributed by atoms with E-state index in [2.05, 4.69) is 20.2 Å². The molecule has 0 aliphatic rings. The van der Waals surface area contributed by atoms with Crippen molar-refractivity contribution < 1.29 is 13.3 Å². The first-order valence-corrected chi connectivity index (χ1v) is 8.31. The third-order valence-electron chi connectivity index (χ3n) is 3.94. The highest BCUT2D eigenvalue weighted by atomic mass is 35.5. The first-order valence-electron chi connectivity index (χ1n) is 7.93. The molecule has 0 N–H and O–H groups in total. The molecule has 6 nitrogen and oxygen atoms in total. The number of aryl methyl sites for hydroxylation is 1. The summed E-state index contributed by atoms with van der Waals surface area (Å²) in [6.07, 6.45) is 2.39. The maximum Gasteiger partial charge on any atom is 0.181 e.